The maximum Gasteiger partial charge on any atom is 0.0577 e. The molecule has 2 nitrogen and oxygen atoms in total. The van der Waals surface area contributed by atoms with Crippen LogP contribution < -0.4 is 5.32 Å². The van der Waals surface area contributed by atoms with Crippen molar-refractivity contribution in [3.8, 4) is 0 Å². The first-order chi connectivity index (χ1) is 9.65. The highest BCUT2D eigenvalue weighted by molar-refractivity contribution is 9.10. The molecule has 1 aromatic carbocycles. The summed E-state index contributed by atoms with van der Waals surface area (Å²) in [5.74, 6) is 0.741. The molecule has 0 amide bonds. The van der Waals surface area contributed by atoms with Crippen molar-refractivity contribution in [2.45, 2.75) is 55.2 Å². The Morgan fingerprint density at radius 1 is 1.40 bits per heavy atom. The summed E-state index contributed by atoms with van der Waals surface area (Å²) in [5, 5.41) is 3.61. The van der Waals surface area contributed by atoms with Gasteiger partial charge in [-0.3, -0.25) is 4.21 Å². The third kappa shape index (κ3) is 3.92. The monoisotopic (exact) mass is 357 g/mol. The van der Waals surface area contributed by atoms with Crippen molar-refractivity contribution in [1.29, 1.82) is 0 Å². The third-order valence-corrected chi connectivity index (χ3v) is 6.55. The van der Waals surface area contributed by atoms with Gasteiger partial charge in [0.1, 0.15) is 0 Å². The Hall–Kier alpha value is -0.190. The summed E-state index contributed by atoms with van der Waals surface area (Å²) in [6.45, 7) is 2.24. The average molecular weight is 358 g/mol. The highest BCUT2D eigenvalue weighted by Crippen LogP contribution is 2.33. The van der Waals surface area contributed by atoms with Crippen LogP contribution in [0.3, 0.4) is 0 Å². The Morgan fingerprint density at radius 3 is 2.85 bits per heavy atom. The Kier molecular flexibility index (Phi) is 6.24. The topological polar surface area (TPSA) is 29.1 Å². The van der Waals surface area contributed by atoms with Crippen LogP contribution in [-0.4, -0.2) is 22.5 Å². The second-order valence-electron chi connectivity index (χ2n) is 5.66. The summed E-state index contributed by atoms with van der Waals surface area (Å²) >= 11 is 3.47. The number of halogens is 1. The van der Waals surface area contributed by atoms with Crippen molar-refractivity contribution in [2.24, 2.45) is 5.92 Å². The van der Waals surface area contributed by atoms with E-state index >= 15 is 0 Å². The van der Waals surface area contributed by atoms with Crippen LogP contribution in [0.1, 0.15) is 39.0 Å². The van der Waals surface area contributed by atoms with Crippen LogP contribution in [-0.2, 0) is 10.8 Å². The molecular formula is C16H24BrNOS. The molecular weight excluding hydrogens is 334 g/mol. The van der Waals surface area contributed by atoms with E-state index in [1.165, 1.54) is 19.3 Å². The minimum atomic E-state index is -0.927. The lowest BCUT2D eigenvalue weighted by Gasteiger charge is -2.35. The Morgan fingerprint density at radius 2 is 2.20 bits per heavy atom. The smallest absolute Gasteiger partial charge is 0.0577 e. The van der Waals surface area contributed by atoms with Crippen molar-refractivity contribution in [2.75, 3.05) is 7.05 Å². The van der Waals surface area contributed by atoms with Gasteiger partial charge < -0.3 is 5.32 Å². The number of hydrogen-bond acceptors (Lipinski definition) is 2. The summed E-state index contributed by atoms with van der Waals surface area (Å²) in [5.41, 5.74) is 0. The van der Waals surface area contributed by atoms with E-state index < -0.39 is 10.8 Å². The van der Waals surface area contributed by atoms with Gasteiger partial charge in [-0.05, 0) is 50.4 Å². The molecule has 1 aliphatic rings. The van der Waals surface area contributed by atoms with E-state index in [1.807, 2.05) is 31.3 Å². The molecule has 0 aliphatic heterocycles. The molecule has 4 unspecified atom stereocenters. The molecule has 1 N–H and O–H groups in total. The van der Waals surface area contributed by atoms with Gasteiger partial charge in [-0.1, -0.05) is 41.8 Å². The molecule has 112 valence electrons. The van der Waals surface area contributed by atoms with Crippen molar-refractivity contribution < 1.29 is 4.21 Å². The van der Waals surface area contributed by atoms with Crippen LogP contribution in [0.2, 0.25) is 0 Å². The molecule has 0 saturated heterocycles. The SMILES string of the molecule is CCCC1CCC(NC)C(S(=O)c2cccc(Br)c2)C1. The number of hydrogen-bond donors (Lipinski definition) is 1. The first kappa shape index (κ1) is 16.2. The molecule has 1 aromatic rings. The lowest BCUT2D eigenvalue weighted by Crippen LogP contribution is -2.44. The van der Waals surface area contributed by atoms with E-state index in [2.05, 4.69) is 28.2 Å². The minimum Gasteiger partial charge on any atom is -0.316 e. The second kappa shape index (κ2) is 7.71. The fourth-order valence-electron chi connectivity index (χ4n) is 3.22. The predicted octanol–water partition coefficient (Wildman–Crippen LogP) is 4.11. The third-order valence-electron chi connectivity index (χ3n) is 4.27. The van der Waals surface area contributed by atoms with Gasteiger partial charge in [-0.25, -0.2) is 0 Å². The molecule has 0 aromatic heterocycles. The maximum absolute atomic E-state index is 12.9. The van der Waals surface area contributed by atoms with E-state index in [4.69, 9.17) is 0 Å². The summed E-state index contributed by atoms with van der Waals surface area (Å²) < 4.78 is 13.9. The molecule has 4 atom stereocenters. The zero-order valence-corrected chi connectivity index (χ0v) is 14.7. The minimum absolute atomic E-state index is 0.236. The molecule has 0 heterocycles. The van der Waals surface area contributed by atoms with Crippen molar-refractivity contribution in [1.82, 2.24) is 5.32 Å². The van der Waals surface area contributed by atoms with Crippen molar-refractivity contribution in [3.05, 3.63) is 28.7 Å². The number of benzene rings is 1. The van der Waals surface area contributed by atoms with Crippen LogP contribution in [0.5, 0.6) is 0 Å². The lowest BCUT2D eigenvalue weighted by molar-refractivity contribution is 0.292. The zero-order valence-electron chi connectivity index (χ0n) is 12.3. The Bertz CT molecular complexity index is 466. The molecule has 0 radical (unpaired) electrons. The summed E-state index contributed by atoms with van der Waals surface area (Å²) in [7, 11) is 1.07. The summed E-state index contributed by atoms with van der Waals surface area (Å²) in [6, 6.07) is 8.31. The van der Waals surface area contributed by atoms with Crippen molar-refractivity contribution in [3.63, 3.8) is 0 Å². The fraction of sp³-hybridized carbons (Fsp3) is 0.625. The molecule has 0 spiro atoms. The van der Waals surface area contributed by atoms with Crippen LogP contribution in [0.4, 0.5) is 0 Å². The van der Waals surface area contributed by atoms with Crippen LogP contribution in [0.15, 0.2) is 33.6 Å². The van der Waals surface area contributed by atoms with E-state index in [0.717, 1.165) is 28.1 Å². The van der Waals surface area contributed by atoms with Gasteiger partial charge in [0.05, 0.1) is 16.0 Å². The highest BCUT2D eigenvalue weighted by Gasteiger charge is 2.33. The van der Waals surface area contributed by atoms with Gasteiger partial charge in [0.25, 0.3) is 0 Å². The molecule has 1 aliphatic carbocycles. The molecule has 1 saturated carbocycles. The van der Waals surface area contributed by atoms with Gasteiger partial charge in [-0.2, -0.15) is 0 Å². The molecule has 2 rings (SSSR count). The van der Waals surface area contributed by atoms with E-state index in [1.54, 1.807) is 0 Å². The van der Waals surface area contributed by atoms with Crippen molar-refractivity contribution >= 4 is 26.7 Å². The van der Waals surface area contributed by atoms with Gasteiger partial charge in [0, 0.05) is 15.4 Å². The quantitative estimate of drug-likeness (QED) is 0.858. The summed E-state index contributed by atoms with van der Waals surface area (Å²) in [6.07, 6.45) is 5.99. The first-order valence-corrected chi connectivity index (χ1v) is 9.49. The second-order valence-corrected chi connectivity index (χ2v) is 8.24. The highest BCUT2D eigenvalue weighted by atomic mass is 79.9. The molecule has 1 fully saturated rings. The summed E-state index contributed by atoms with van der Waals surface area (Å²) in [4.78, 5) is 0.946. The number of rotatable bonds is 5. The van der Waals surface area contributed by atoms with Crippen LogP contribution in [0, 0.1) is 5.92 Å². The maximum atomic E-state index is 12.9. The van der Waals surface area contributed by atoms with E-state index in [9.17, 15) is 4.21 Å². The van der Waals surface area contributed by atoms with E-state index in [-0.39, 0.29) is 5.25 Å². The predicted molar refractivity (Wildman–Crippen MR) is 89.4 cm³/mol. The fourth-order valence-corrected chi connectivity index (χ4v) is 5.59. The standard InChI is InChI=1S/C16H24BrNOS/c1-3-5-12-8-9-15(18-2)16(10-12)20(19)14-7-4-6-13(17)11-14/h4,6-7,11-12,15-16,18H,3,5,8-10H2,1-2H3. The van der Waals surface area contributed by atoms with Crippen LogP contribution >= 0.6 is 15.9 Å². The Balaban J connectivity index is 2.15. The lowest BCUT2D eigenvalue weighted by atomic mass is 9.83. The molecule has 0 bridgehead atoms. The first-order valence-electron chi connectivity index (χ1n) is 7.49. The largest absolute Gasteiger partial charge is 0.316 e. The van der Waals surface area contributed by atoms with Gasteiger partial charge in [-0.15, -0.1) is 0 Å². The van der Waals surface area contributed by atoms with Crippen LogP contribution in [0.25, 0.3) is 0 Å². The van der Waals surface area contributed by atoms with Gasteiger partial charge in [0.15, 0.2) is 0 Å². The molecule has 4 heteroatoms. The number of nitrogens with one attached hydrogen (secondary N) is 1. The Labute approximate surface area is 133 Å². The van der Waals surface area contributed by atoms with E-state index in [0.29, 0.717) is 6.04 Å². The van der Waals surface area contributed by atoms with Gasteiger partial charge in [0.2, 0.25) is 0 Å². The zero-order chi connectivity index (χ0) is 14.5. The average Bonchev–Trinajstić information content (AvgIpc) is 2.47. The molecule has 20 heavy (non-hydrogen) atoms. The van der Waals surface area contributed by atoms with Gasteiger partial charge >= 0.3 is 0 Å². The normalized spacial score (nSPS) is 28.2.